The minimum Gasteiger partial charge on any atom is -0.489 e. The molecular weight excluding hydrogens is 577 g/mol. The Morgan fingerprint density at radius 2 is 1.73 bits per heavy atom. The molecule has 0 radical (unpaired) electrons. The first-order valence-corrected chi connectivity index (χ1v) is 13.7. The standard InChI is InChI=1S/C30H22ClF3N2O4S/c1-2-39-28(38)24-25(20-10-12-21(31)13-11-20)36-27(37)23(41-29(36)35-26(24)30(32,33)34)16-18-8-14-22(15-9-18)40-17-19-6-4-3-5-7-19/h3-16,25H,2,17H2,1H3/b23-16-/t25-/m1/s1. The molecule has 0 unspecified atom stereocenters. The molecule has 0 fully saturated rings. The van der Waals surface area contributed by atoms with E-state index in [2.05, 4.69) is 4.99 Å². The summed E-state index contributed by atoms with van der Waals surface area (Å²) in [5.41, 5.74) is -0.869. The number of alkyl halides is 3. The van der Waals surface area contributed by atoms with Crippen molar-refractivity contribution in [1.82, 2.24) is 4.57 Å². The van der Waals surface area contributed by atoms with Crippen LogP contribution in [0.3, 0.4) is 0 Å². The van der Waals surface area contributed by atoms with Gasteiger partial charge in [0.25, 0.3) is 5.56 Å². The zero-order valence-corrected chi connectivity index (χ0v) is 23.1. The summed E-state index contributed by atoms with van der Waals surface area (Å²) in [7, 11) is 0. The molecule has 0 bridgehead atoms. The van der Waals surface area contributed by atoms with Crippen LogP contribution in [0, 0.1) is 0 Å². The van der Waals surface area contributed by atoms with Gasteiger partial charge in [-0.25, -0.2) is 9.79 Å². The fraction of sp³-hybridized carbons (Fsp3) is 0.167. The summed E-state index contributed by atoms with van der Waals surface area (Å²) in [4.78, 5) is 30.1. The summed E-state index contributed by atoms with van der Waals surface area (Å²) >= 11 is 6.81. The minimum absolute atomic E-state index is 0.146. The van der Waals surface area contributed by atoms with E-state index in [-0.39, 0.29) is 21.5 Å². The lowest BCUT2D eigenvalue weighted by Crippen LogP contribution is -2.41. The first-order chi connectivity index (χ1) is 19.7. The predicted molar refractivity (Wildman–Crippen MR) is 149 cm³/mol. The number of hydrogen-bond donors (Lipinski definition) is 0. The topological polar surface area (TPSA) is 69.9 Å². The normalized spacial score (nSPS) is 15.3. The lowest BCUT2D eigenvalue weighted by molar-refractivity contribution is -0.140. The summed E-state index contributed by atoms with van der Waals surface area (Å²) < 4.78 is 54.7. The molecule has 0 saturated heterocycles. The van der Waals surface area contributed by atoms with Gasteiger partial charge < -0.3 is 9.47 Å². The monoisotopic (exact) mass is 598 g/mol. The molecule has 3 aromatic carbocycles. The van der Waals surface area contributed by atoms with Crippen molar-refractivity contribution in [3.8, 4) is 5.75 Å². The maximum absolute atomic E-state index is 14.2. The minimum atomic E-state index is -4.97. The number of halogens is 4. The van der Waals surface area contributed by atoms with Crippen LogP contribution < -0.4 is 19.6 Å². The molecule has 210 valence electrons. The Morgan fingerprint density at radius 3 is 2.37 bits per heavy atom. The summed E-state index contributed by atoms with van der Waals surface area (Å²) in [5, 5.41) is 0.343. The van der Waals surface area contributed by atoms with Crippen molar-refractivity contribution in [2.24, 2.45) is 4.99 Å². The Balaban J connectivity index is 1.58. The zero-order valence-electron chi connectivity index (χ0n) is 21.5. The number of benzene rings is 3. The number of hydrogen-bond acceptors (Lipinski definition) is 6. The van der Waals surface area contributed by atoms with Crippen molar-refractivity contribution in [3.05, 3.63) is 132 Å². The van der Waals surface area contributed by atoms with E-state index in [9.17, 15) is 22.8 Å². The van der Waals surface area contributed by atoms with Gasteiger partial charge in [-0.05, 0) is 54.0 Å². The molecule has 0 saturated carbocycles. The van der Waals surface area contributed by atoms with Gasteiger partial charge in [0.15, 0.2) is 10.5 Å². The zero-order chi connectivity index (χ0) is 29.1. The summed E-state index contributed by atoms with van der Waals surface area (Å²) in [6.45, 7) is 1.71. The number of esters is 1. The molecule has 0 spiro atoms. The summed E-state index contributed by atoms with van der Waals surface area (Å²) in [6, 6.07) is 21.1. The summed E-state index contributed by atoms with van der Waals surface area (Å²) in [6.07, 6.45) is -3.41. The third kappa shape index (κ3) is 6.13. The van der Waals surface area contributed by atoms with Gasteiger partial charge in [0.1, 0.15) is 12.4 Å². The number of fused-ring (bicyclic) bond motifs is 1. The van der Waals surface area contributed by atoms with Crippen LogP contribution >= 0.6 is 22.9 Å². The van der Waals surface area contributed by atoms with E-state index < -0.39 is 35.0 Å². The van der Waals surface area contributed by atoms with E-state index in [1.54, 1.807) is 30.3 Å². The van der Waals surface area contributed by atoms with E-state index in [0.29, 0.717) is 22.9 Å². The van der Waals surface area contributed by atoms with Crippen LogP contribution in [-0.2, 0) is 16.1 Å². The van der Waals surface area contributed by atoms with E-state index in [0.717, 1.165) is 21.5 Å². The number of aromatic nitrogens is 1. The van der Waals surface area contributed by atoms with Crippen LogP contribution in [-0.4, -0.2) is 23.3 Å². The molecular formula is C30H22ClF3N2O4S. The summed E-state index contributed by atoms with van der Waals surface area (Å²) in [5.74, 6) is -0.590. The maximum atomic E-state index is 14.2. The number of carbonyl (C=O) groups is 1. The fourth-order valence-electron chi connectivity index (χ4n) is 4.35. The van der Waals surface area contributed by atoms with Crippen LogP contribution in [0.1, 0.15) is 29.7 Å². The number of ether oxygens (including phenoxy) is 2. The highest BCUT2D eigenvalue weighted by atomic mass is 35.5. The van der Waals surface area contributed by atoms with Gasteiger partial charge in [-0.2, -0.15) is 13.2 Å². The SMILES string of the molecule is CCOC(=O)C1=C(C(F)(F)F)N=c2s/c(=C\c3ccc(OCc4ccccc4)cc3)c(=O)n2[C@@H]1c1ccc(Cl)cc1. The molecule has 1 aliphatic heterocycles. The smallest absolute Gasteiger partial charge is 0.434 e. The van der Waals surface area contributed by atoms with Gasteiger partial charge in [-0.15, -0.1) is 0 Å². The van der Waals surface area contributed by atoms with Crippen molar-refractivity contribution < 1.29 is 27.4 Å². The van der Waals surface area contributed by atoms with Crippen molar-refractivity contribution in [1.29, 1.82) is 0 Å². The van der Waals surface area contributed by atoms with Crippen molar-refractivity contribution in [3.63, 3.8) is 0 Å². The third-order valence-electron chi connectivity index (χ3n) is 6.21. The fourth-order valence-corrected chi connectivity index (χ4v) is 5.48. The van der Waals surface area contributed by atoms with E-state index in [4.69, 9.17) is 21.1 Å². The Hall–Kier alpha value is -4.15. The van der Waals surface area contributed by atoms with Crippen molar-refractivity contribution in [2.45, 2.75) is 25.7 Å². The van der Waals surface area contributed by atoms with Crippen LogP contribution in [0.25, 0.3) is 6.08 Å². The Morgan fingerprint density at radius 1 is 1.05 bits per heavy atom. The van der Waals surface area contributed by atoms with Crippen LogP contribution in [0.4, 0.5) is 13.2 Å². The van der Waals surface area contributed by atoms with Gasteiger partial charge in [0.05, 0.1) is 22.8 Å². The lowest BCUT2D eigenvalue weighted by Gasteiger charge is -2.26. The van der Waals surface area contributed by atoms with Gasteiger partial charge in [-0.3, -0.25) is 9.36 Å². The number of carbonyl (C=O) groups excluding carboxylic acids is 1. The molecule has 0 amide bonds. The molecule has 1 atom stereocenters. The highest BCUT2D eigenvalue weighted by Gasteiger charge is 2.45. The number of rotatable bonds is 7. The Labute approximate surface area is 241 Å². The Bertz CT molecular complexity index is 1780. The average Bonchev–Trinajstić information content (AvgIpc) is 3.27. The number of allylic oxidation sites excluding steroid dienone is 1. The molecule has 1 aliphatic rings. The largest absolute Gasteiger partial charge is 0.489 e. The predicted octanol–water partition coefficient (Wildman–Crippen LogP) is 5.57. The van der Waals surface area contributed by atoms with Crippen molar-refractivity contribution >= 4 is 35.0 Å². The lowest BCUT2D eigenvalue weighted by atomic mass is 9.95. The molecule has 0 aliphatic carbocycles. The highest BCUT2D eigenvalue weighted by molar-refractivity contribution is 7.07. The Kier molecular flexibility index (Phi) is 8.14. The van der Waals surface area contributed by atoms with Gasteiger partial charge in [0.2, 0.25) is 0 Å². The second kappa shape index (κ2) is 11.8. The molecule has 2 heterocycles. The first-order valence-electron chi connectivity index (χ1n) is 12.5. The highest BCUT2D eigenvalue weighted by Crippen LogP contribution is 2.38. The van der Waals surface area contributed by atoms with Crippen LogP contribution in [0.2, 0.25) is 5.02 Å². The molecule has 1 aromatic heterocycles. The number of thiazole rings is 1. The molecule has 6 nitrogen and oxygen atoms in total. The maximum Gasteiger partial charge on any atom is 0.434 e. The molecule has 41 heavy (non-hydrogen) atoms. The second-order valence-electron chi connectivity index (χ2n) is 8.96. The first kappa shape index (κ1) is 28.4. The van der Waals surface area contributed by atoms with E-state index in [1.165, 1.54) is 31.2 Å². The quantitative estimate of drug-likeness (QED) is 0.261. The molecule has 5 rings (SSSR count). The average molecular weight is 599 g/mol. The third-order valence-corrected chi connectivity index (χ3v) is 7.44. The van der Waals surface area contributed by atoms with Crippen LogP contribution in [0.5, 0.6) is 5.75 Å². The van der Waals surface area contributed by atoms with Gasteiger partial charge in [0, 0.05) is 5.02 Å². The van der Waals surface area contributed by atoms with Crippen molar-refractivity contribution in [2.75, 3.05) is 6.61 Å². The molecule has 0 N–H and O–H groups in total. The van der Waals surface area contributed by atoms with Gasteiger partial charge >= 0.3 is 12.1 Å². The van der Waals surface area contributed by atoms with Gasteiger partial charge in [-0.1, -0.05) is 77.5 Å². The number of nitrogens with zero attached hydrogens (tertiary/aromatic N) is 2. The van der Waals surface area contributed by atoms with Crippen LogP contribution in [0.15, 0.2) is 99.9 Å². The molecule has 4 aromatic rings. The van der Waals surface area contributed by atoms with E-state index >= 15 is 0 Å². The second-order valence-corrected chi connectivity index (χ2v) is 10.4. The molecule has 11 heteroatoms. The van der Waals surface area contributed by atoms with E-state index in [1.807, 2.05) is 30.3 Å².